The SMILES string of the molecule is CCCNC1(C(F)(F)F)COCc2ccccc21. The van der Waals surface area contributed by atoms with Crippen molar-refractivity contribution in [3.8, 4) is 0 Å². The zero-order chi connectivity index (χ0) is 13.2. The molecule has 100 valence electrons. The second-order valence-electron chi connectivity index (χ2n) is 4.48. The summed E-state index contributed by atoms with van der Waals surface area (Å²) >= 11 is 0. The molecule has 1 aliphatic heterocycles. The standard InChI is InChI=1S/C13H16F3NO/c1-2-7-17-12(13(14,15)16)9-18-8-10-5-3-4-6-11(10)12/h3-6,17H,2,7-9H2,1H3. The first-order valence-electron chi connectivity index (χ1n) is 5.99. The van der Waals surface area contributed by atoms with Crippen molar-refractivity contribution in [2.24, 2.45) is 0 Å². The molecule has 0 amide bonds. The van der Waals surface area contributed by atoms with E-state index in [-0.39, 0.29) is 18.8 Å². The number of hydrogen-bond donors (Lipinski definition) is 1. The summed E-state index contributed by atoms with van der Waals surface area (Å²) in [6, 6.07) is 6.59. The Morgan fingerprint density at radius 3 is 2.72 bits per heavy atom. The summed E-state index contributed by atoms with van der Waals surface area (Å²) < 4.78 is 45.5. The lowest BCUT2D eigenvalue weighted by Crippen LogP contribution is -2.59. The number of ether oxygens (including phenoxy) is 1. The van der Waals surface area contributed by atoms with Crippen LogP contribution < -0.4 is 5.32 Å². The molecule has 0 fully saturated rings. The summed E-state index contributed by atoms with van der Waals surface area (Å²) in [5.41, 5.74) is -1.18. The van der Waals surface area contributed by atoms with E-state index >= 15 is 0 Å². The molecule has 1 heterocycles. The van der Waals surface area contributed by atoms with Gasteiger partial charge in [-0.1, -0.05) is 31.2 Å². The minimum absolute atomic E-state index is 0.238. The van der Waals surface area contributed by atoms with Crippen molar-refractivity contribution >= 4 is 0 Å². The minimum Gasteiger partial charge on any atom is -0.374 e. The topological polar surface area (TPSA) is 21.3 Å². The van der Waals surface area contributed by atoms with Gasteiger partial charge in [0.25, 0.3) is 0 Å². The third kappa shape index (κ3) is 2.12. The highest BCUT2D eigenvalue weighted by Gasteiger charge is 2.57. The molecule has 0 aromatic heterocycles. The zero-order valence-corrected chi connectivity index (χ0v) is 10.2. The molecular formula is C13H16F3NO. The number of nitrogens with one attached hydrogen (secondary N) is 1. The fourth-order valence-electron chi connectivity index (χ4n) is 2.27. The third-order valence-corrected chi connectivity index (χ3v) is 3.21. The first kappa shape index (κ1) is 13.4. The molecule has 1 N–H and O–H groups in total. The molecule has 1 unspecified atom stereocenters. The van der Waals surface area contributed by atoms with Crippen molar-refractivity contribution in [1.29, 1.82) is 0 Å². The van der Waals surface area contributed by atoms with E-state index in [0.29, 0.717) is 18.5 Å². The van der Waals surface area contributed by atoms with Crippen LogP contribution in [0.15, 0.2) is 24.3 Å². The average Bonchev–Trinajstić information content (AvgIpc) is 2.35. The second kappa shape index (κ2) is 4.90. The van der Waals surface area contributed by atoms with Crippen LogP contribution in [0.2, 0.25) is 0 Å². The van der Waals surface area contributed by atoms with Gasteiger partial charge in [-0.15, -0.1) is 0 Å². The second-order valence-corrected chi connectivity index (χ2v) is 4.48. The Kier molecular flexibility index (Phi) is 3.64. The highest BCUT2D eigenvalue weighted by Crippen LogP contribution is 2.43. The van der Waals surface area contributed by atoms with Crippen LogP contribution in [-0.4, -0.2) is 19.3 Å². The molecule has 2 nitrogen and oxygen atoms in total. The Hall–Kier alpha value is -1.07. The molecule has 1 aliphatic rings. The molecular weight excluding hydrogens is 243 g/mol. The van der Waals surface area contributed by atoms with Gasteiger partial charge in [0.05, 0.1) is 13.2 Å². The smallest absolute Gasteiger partial charge is 0.374 e. The van der Waals surface area contributed by atoms with E-state index in [9.17, 15) is 13.2 Å². The summed E-state index contributed by atoms with van der Waals surface area (Å²) in [4.78, 5) is 0. The predicted molar refractivity (Wildman–Crippen MR) is 62.1 cm³/mol. The van der Waals surface area contributed by atoms with Crippen molar-refractivity contribution in [3.05, 3.63) is 35.4 Å². The first-order valence-corrected chi connectivity index (χ1v) is 5.99. The average molecular weight is 259 g/mol. The van der Waals surface area contributed by atoms with Gasteiger partial charge in [-0.25, -0.2) is 0 Å². The predicted octanol–water partition coefficient (Wildman–Crippen LogP) is 2.97. The van der Waals surface area contributed by atoms with Crippen LogP contribution in [0, 0.1) is 0 Å². The molecule has 1 aromatic carbocycles. The Labute approximate surface area is 104 Å². The van der Waals surface area contributed by atoms with E-state index in [0.717, 1.165) is 0 Å². The fraction of sp³-hybridized carbons (Fsp3) is 0.538. The Morgan fingerprint density at radius 2 is 2.06 bits per heavy atom. The van der Waals surface area contributed by atoms with Gasteiger partial charge in [0, 0.05) is 0 Å². The van der Waals surface area contributed by atoms with Crippen LogP contribution in [0.4, 0.5) is 13.2 Å². The van der Waals surface area contributed by atoms with Gasteiger partial charge < -0.3 is 4.74 Å². The monoisotopic (exact) mass is 259 g/mol. The van der Waals surface area contributed by atoms with E-state index in [2.05, 4.69) is 5.32 Å². The molecule has 1 atom stereocenters. The summed E-state index contributed by atoms with van der Waals surface area (Å²) in [5.74, 6) is 0. The Bertz CT molecular complexity index is 419. The van der Waals surface area contributed by atoms with Gasteiger partial charge in [-0.2, -0.15) is 13.2 Å². The van der Waals surface area contributed by atoms with Gasteiger partial charge in [0.2, 0.25) is 0 Å². The van der Waals surface area contributed by atoms with Crippen molar-refractivity contribution in [1.82, 2.24) is 5.32 Å². The van der Waals surface area contributed by atoms with Crippen molar-refractivity contribution < 1.29 is 17.9 Å². The largest absolute Gasteiger partial charge is 0.413 e. The summed E-state index contributed by atoms with van der Waals surface area (Å²) in [7, 11) is 0. The summed E-state index contributed by atoms with van der Waals surface area (Å²) in [5, 5.41) is 2.63. The fourth-order valence-corrected chi connectivity index (χ4v) is 2.27. The highest BCUT2D eigenvalue weighted by atomic mass is 19.4. The molecule has 0 spiro atoms. The first-order chi connectivity index (χ1) is 8.51. The summed E-state index contributed by atoms with van der Waals surface area (Å²) in [6.45, 7) is 2.01. The number of hydrogen-bond acceptors (Lipinski definition) is 2. The number of benzene rings is 1. The molecule has 2 rings (SSSR count). The lowest BCUT2D eigenvalue weighted by atomic mass is 9.84. The quantitative estimate of drug-likeness (QED) is 0.901. The number of fused-ring (bicyclic) bond motifs is 1. The number of halogens is 3. The van der Waals surface area contributed by atoms with Crippen molar-refractivity contribution in [2.45, 2.75) is 31.7 Å². The van der Waals surface area contributed by atoms with Crippen LogP contribution in [-0.2, 0) is 16.9 Å². The van der Waals surface area contributed by atoms with E-state index < -0.39 is 11.7 Å². The molecule has 0 saturated heterocycles. The van der Waals surface area contributed by atoms with Crippen molar-refractivity contribution in [3.63, 3.8) is 0 Å². The number of alkyl halides is 3. The molecule has 1 aromatic rings. The van der Waals surface area contributed by atoms with E-state index in [4.69, 9.17) is 4.74 Å². The van der Waals surface area contributed by atoms with Gasteiger partial charge in [-0.05, 0) is 24.1 Å². The van der Waals surface area contributed by atoms with Crippen LogP contribution in [0.25, 0.3) is 0 Å². The van der Waals surface area contributed by atoms with E-state index in [1.165, 1.54) is 6.07 Å². The third-order valence-electron chi connectivity index (χ3n) is 3.21. The maximum absolute atomic E-state index is 13.5. The van der Waals surface area contributed by atoms with E-state index in [1.54, 1.807) is 18.2 Å². The van der Waals surface area contributed by atoms with Crippen LogP contribution in [0.3, 0.4) is 0 Å². The minimum atomic E-state index is -4.38. The van der Waals surface area contributed by atoms with Gasteiger partial charge in [0.1, 0.15) is 0 Å². The molecule has 0 aliphatic carbocycles. The van der Waals surface area contributed by atoms with E-state index in [1.807, 2.05) is 6.92 Å². The van der Waals surface area contributed by atoms with Crippen LogP contribution in [0.5, 0.6) is 0 Å². The normalized spacial score (nSPS) is 23.8. The van der Waals surface area contributed by atoms with Gasteiger partial charge >= 0.3 is 6.18 Å². The number of rotatable bonds is 3. The lowest BCUT2D eigenvalue weighted by molar-refractivity contribution is -0.222. The maximum Gasteiger partial charge on any atom is 0.413 e. The highest BCUT2D eigenvalue weighted by molar-refractivity contribution is 5.36. The van der Waals surface area contributed by atoms with Crippen LogP contribution >= 0.6 is 0 Å². The summed E-state index contributed by atoms with van der Waals surface area (Å²) in [6.07, 6.45) is -3.74. The molecule has 0 saturated carbocycles. The lowest BCUT2D eigenvalue weighted by Gasteiger charge is -2.41. The van der Waals surface area contributed by atoms with Gasteiger partial charge in [0.15, 0.2) is 5.54 Å². The molecule has 0 bridgehead atoms. The van der Waals surface area contributed by atoms with Gasteiger partial charge in [-0.3, -0.25) is 5.32 Å². The molecule has 18 heavy (non-hydrogen) atoms. The zero-order valence-electron chi connectivity index (χ0n) is 10.2. The van der Waals surface area contributed by atoms with Crippen LogP contribution in [0.1, 0.15) is 24.5 Å². The van der Waals surface area contributed by atoms with Crippen molar-refractivity contribution in [2.75, 3.05) is 13.2 Å². The Balaban J connectivity index is 2.48. The molecule has 5 heteroatoms. The Morgan fingerprint density at radius 1 is 1.33 bits per heavy atom. The maximum atomic E-state index is 13.5. The molecule has 0 radical (unpaired) electrons.